The van der Waals surface area contributed by atoms with Crippen molar-refractivity contribution in [2.75, 3.05) is 9.80 Å². The molecule has 77 heavy (non-hydrogen) atoms. The van der Waals surface area contributed by atoms with Gasteiger partial charge < -0.3 is 9.80 Å². The largest absolute Gasteiger partial charge is 0.311 e. The van der Waals surface area contributed by atoms with Gasteiger partial charge in [0.25, 0.3) is 6.71 Å². The molecule has 0 atom stereocenters. The summed E-state index contributed by atoms with van der Waals surface area (Å²) >= 11 is 0. The van der Waals surface area contributed by atoms with Crippen LogP contribution in [0.15, 0.2) is 261 Å². The van der Waals surface area contributed by atoms with Crippen LogP contribution in [-0.2, 0) is 11.8 Å². The van der Waals surface area contributed by atoms with Crippen molar-refractivity contribution < 1.29 is 0 Å². The van der Waals surface area contributed by atoms with Crippen molar-refractivity contribution in [3.05, 3.63) is 272 Å². The predicted molar refractivity (Wildman–Crippen MR) is 330 cm³/mol. The predicted octanol–water partition coefficient (Wildman–Crippen LogP) is 18.4. The number of unbranched alkanes of at least 4 members (excludes halogenated alkanes) is 1. The van der Waals surface area contributed by atoms with Crippen LogP contribution in [0.4, 0.5) is 34.1 Å². The molecule has 11 aromatic rings. The summed E-state index contributed by atoms with van der Waals surface area (Å²) in [5.74, 6) is 0. The number of nitrogens with zero attached hydrogens (tertiary/aromatic N) is 2. The van der Waals surface area contributed by atoms with E-state index in [9.17, 15) is 0 Å². The third-order valence-corrected chi connectivity index (χ3v) is 16.0. The topological polar surface area (TPSA) is 6.48 Å². The third kappa shape index (κ3) is 8.67. The number of rotatable bonds is 11. The molecule has 370 valence electrons. The number of anilines is 6. The smallest absolute Gasteiger partial charge is 0.252 e. The Morgan fingerprint density at radius 3 is 1.17 bits per heavy atom. The fraction of sp³-hybridized carbons (Fsp3) is 0.108. The first-order valence-corrected chi connectivity index (χ1v) is 27.5. The van der Waals surface area contributed by atoms with Gasteiger partial charge in [-0.3, -0.25) is 0 Å². The molecule has 0 saturated heterocycles. The Bertz CT molecular complexity index is 3870. The van der Waals surface area contributed by atoms with Crippen molar-refractivity contribution in [2.45, 2.75) is 52.4 Å². The van der Waals surface area contributed by atoms with Crippen LogP contribution in [0.1, 0.15) is 51.7 Å². The van der Waals surface area contributed by atoms with Gasteiger partial charge in [-0.05, 0) is 132 Å². The third-order valence-electron chi connectivity index (χ3n) is 16.0. The summed E-state index contributed by atoms with van der Waals surface area (Å²) in [5, 5.41) is 0. The van der Waals surface area contributed by atoms with Gasteiger partial charge in [-0.2, -0.15) is 0 Å². The van der Waals surface area contributed by atoms with E-state index in [0.29, 0.717) is 0 Å². The lowest BCUT2D eigenvalue weighted by Gasteiger charge is -2.46. The first-order valence-electron chi connectivity index (χ1n) is 27.5. The standard InChI is InChI=1S/C74H61BN2/c1-5-6-26-59-45-60(53-31-17-9-18-32-53)46-64(56-37-23-12-24-38-56)72(59)76-67-43-41-57(51-27-13-7-14-28-51)47-65(67)75-66-48-58(52-29-15-8-16-30-52)42-44-68(66)77(70-50-61(74(2,3)4)49-69(76)71(70)75)73-62(54-33-19-10-20-34-54)39-25-40-63(73)55-35-21-11-22-36-55/h7-25,27-50H,5-6,26H2,1-4H3. The number of aryl methyl sites for hydroxylation is 1. The van der Waals surface area contributed by atoms with Crippen LogP contribution in [0.5, 0.6) is 0 Å². The quantitative estimate of drug-likeness (QED) is 0.119. The highest BCUT2D eigenvalue weighted by Crippen LogP contribution is 2.53. The Labute approximate surface area is 455 Å². The molecule has 0 saturated carbocycles. The molecule has 0 aromatic heterocycles. The number of benzene rings is 11. The Hall–Kier alpha value is -8.92. The van der Waals surface area contributed by atoms with E-state index in [2.05, 4.69) is 298 Å². The summed E-state index contributed by atoms with van der Waals surface area (Å²) < 4.78 is 0. The normalized spacial score (nSPS) is 12.5. The summed E-state index contributed by atoms with van der Waals surface area (Å²) in [5.41, 5.74) is 28.0. The zero-order valence-electron chi connectivity index (χ0n) is 44.4. The molecule has 3 heteroatoms. The van der Waals surface area contributed by atoms with E-state index in [1.54, 1.807) is 0 Å². The maximum atomic E-state index is 2.71. The molecule has 0 radical (unpaired) electrons. The molecule has 2 heterocycles. The minimum Gasteiger partial charge on any atom is -0.311 e. The number of hydrogen-bond acceptors (Lipinski definition) is 2. The minimum absolute atomic E-state index is 0.120. The van der Waals surface area contributed by atoms with E-state index in [1.165, 1.54) is 128 Å². The molecule has 0 bridgehead atoms. The molecule has 0 fully saturated rings. The highest BCUT2D eigenvalue weighted by Gasteiger charge is 2.46. The van der Waals surface area contributed by atoms with Gasteiger partial charge in [0.15, 0.2) is 0 Å². The lowest BCUT2D eigenvalue weighted by atomic mass is 9.33. The molecule has 2 nitrogen and oxygen atoms in total. The summed E-state index contributed by atoms with van der Waals surface area (Å²) in [6.45, 7) is 9.34. The van der Waals surface area contributed by atoms with E-state index in [1.807, 2.05) is 0 Å². The second-order valence-electron chi connectivity index (χ2n) is 21.9. The molecular weight excluding hydrogens is 928 g/mol. The van der Waals surface area contributed by atoms with Crippen molar-refractivity contribution in [3.63, 3.8) is 0 Å². The van der Waals surface area contributed by atoms with E-state index in [-0.39, 0.29) is 12.1 Å². The Morgan fingerprint density at radius 2 is 0.740 bits per heavy atom. The summed E-state index contributed by atoms with van der Waals surface area (Å²) in [6, 6.07) is 97.7. The highest BCUT2D eigenvalue weighted by atomic mass is 15.2. The van der Waals surface area contributed by atoms with Crippen LogP contribution < -0.4 is 26.2 Å². The van der Waals surface area contributed by atoms with Crippen molar-refractivity contribution in [1.82, 2.24) is 0 Å². The number of hydrogen-bond donors (Lipinski definition) is 0. The molecule has 0 unspecified atom stereocenters. The van der Waals surface area contributed by atoms with Crippen LogP contribution in [0.25, 0.3) is 66.8 Å². The summed E-state index contributed by atoms with van der Waals surface area (Å²) in [4.78, 5) is 5.38. The lowest BCUT2D eigenvalue weighted by molar-refractivity contribution is 0.590. The summed E-state index contributed by atoms with van der Waals surface area (Å²) in [6.07, 6.45) is 3.09. The fourth-order valence-corrected chi connectivity index (χ4v) is 12.2. The van der Waals surface area contributed by atoms with E-state index < -0.39 is 0 Å². The van der Waals surface area contributed by atoms with Crippen molar-refractivity contribution in [1.29, 1.82) is 0 Å². The van der Waals surface area contributed by atoms with Crippen LogP contribution in [0, 0.1) is 0 Å². The van der Waals surface area contributed by atoms with E-state index in [0.717, 1.165) is 19.3 Å². The molecular formula is C74H61BN2. The van der Waals surface area contributed by atoms with Crippen molar-refractivity contribution in [3.8, 4) is 66.8 Å². The monoisotopic (exact) mass is 988 g/mol. The average molecular weight is 989 g/mol. The average Bonchev–Trinajstić information content (AvgIpc) is 3.66. The van der Waals surface area contributed by atoms with Gasteiger partial charge in [-0.1, -0.05) is 259 Å². The molecule has 0 aliphatic carbocycles. The second-order valence-corrected chi connectivity index (χ2v) is 21.9. The first-order chi connectivity index (χ1) is 37.8. The van der Waals surface area contributed by atoms with Gasteiger partial charge in [-0.25, -0.2) is 0 Å². The van der Waals surface area contributed by atoms with Crippen molar-refractivity contribution >= 4 is 57.2 Å². The zero-order valence-corrected chi connectivity index (χ0v) is 44.4. The van der Waals surface area contributed by atoms with Crippen LogP contribution in [-0.4, -0.2) is 6.71 Å². The maximum Gasteiger partial charge on any atom is 0.252 e. The number of para-hydroxylation sites is 1. The second kappa shape index (κ2) is 20.0. The fourth-order valence-electron chi connectivity index (χ4n) is 12.2. The number of fused-ring (bicyclic) bond motifs is 4. The van der Waals surface area contributed by atoms with Crippen LogP contribution in [0.2, 0.25) is 0 Å². The van der Waals surface area contributed by atoms with E-state index >= 15 is 0 Å². The Balaban J connectivity index is 1.21. The van der Waals surface area contributed by atoms with Gasteiger partial charge >= 0.3 is 0 Å². The van der Waals surface area contributed by atoms with E-state index in [4.69, 9.17) is 0 Å². The molecule has 2 aliphatic heterocycles. The minimum atomic E-state index is -0.209. The maximum absolute atomic E-state index is 2.71. The van der Waals surface area contributed by atoms with Gasteiger partial charge in [-0.15, -0.1) is 0 Å². The Kier molecular flexibility index (Phi) is 12.4. The SMILES string of the molecule is CCCCc1cc(-c2ccccc2)cc(-c2ccccc2)c1N1c2ccc(-c3ccccc3)cc2B2c3cc(-c4ccccc4)ccc3N(c3c(-c4ccccc4)cccc3-c3ccccc3)c3cc(C(C)(C)C)cc1c32. The molecule has 0 amide bonds. The van der Waals surface area contributed by atoms with Gasteiger partial charge in [0.1, 0.15) is 0 Å². The molecule has 11 aromatic carbocycles. The molecule has 13 rings (SSSR count). The van der Waals surface area contributed by atoms with Crippen LogP contribution in [0.3, 0.4) is 0 Å². The Morgan fingerprint density at radius 1 is 0.338 bits per heavy atom. The highest BCUT2D eigenvalue weighted by molar-refractivity contribution is 7.00. The molecule has 0 N–H and O–H groups in total. The van der Waals surface area contributed by atoms with Gasteiger partial charge in [0, 0.05) is 39.4 Å². The zero-order chi connectivity index (χ0) is 52.0. The first kappa shape index (κ1) is 47.8. The summed E-state index contributed by atoms with van der Waals surface area (Å²) in [7, 11) is 0. The van der Waals surface area contributed by atoms with Crippen LogP contribution >= 0.6 is 0 Å². The molecule has 2 aliphatic rings. The van der Waals surface area contributed by atoms with Gasteiger partial charge in [0.05, 0.1) is 11.4 Å². The van der Waals surface area contributed by atoms with Gasteiger partial charge in [0.2, 0.25) is 0 Å². The lowest BCUT2D eigenvalue weighted by Crippen LogP contribution is -2.61. The molecule has 0 spiro atoms. The van der Waals surface area contributed by atoms with Crippen molar-refractivity contribution in [2.24, 2.45) is 0 Å².